The Bertz CT molecular complexity index is 1380. The number of para-hydroxylation sites is 1. The summed E-state index contributed by atoms with van der Waals surface area (Å²) in [5, 5.41) is 11.0. The van der Waals surface area contributed by atoms with Gasteiger partial charge in [-0.2, -0.15) is 0 Å². The van der Waals surface area contributed by atoms with E-state index in [1.54, 1.807) is 31.6 Å². The summed E-state index contributed by atoms with van der Waals surface area (Å²) in [6.07, 6.45) is 1.36. The number of rotatable bonds is 3. The lowest BCUT2D eigenvalue weighted by Gasteiger charge is -2.07. The van der Waals surface area contributed by atoms with Gasteiger partial charge in [0.05, 0.1) is 16.9 Å². The van der Waals surface area contributed by atoms with Crippen LogP contribution in [0.15, 0.2) is 67.5 Å². The van der Waals surface area contributed by atoms with Crippen LogP contribution in [0.3, 0.4) is 0 Å². The Morgan fingerprint density at radius 3 is 2.52 bits per heavy atom. The monoisotopic (exact) mass is 389 g/mol. The highest BCUT2D eigenvalue weighted by Crippen LogP contribution is 2.27. The predicted octanol–water partition coefficient (Wildman–Crippen LogP) is 3.36. The van der Waals surface area contributed by atoms with Crippen molar-refractivity contribution in [1.29, 1.82) is 0 Å². The summed E-state index contributed by atoms with van der Waals surface area (Å²) in [7, 11) is 1.78. The maximum absolute atomic E-state index is 13.0. The minimum atomic E-state index is -0.516. The van der Waals surface area contributed by atoms with E-state index in [2.05, 4.69) is 4.99 Å². The van der Waals surface area contributed by atoms with Crippen molar-refractivity contribution in [3.8, 4) is 11.4 Å². The van der Waals surface area contributed by atoms with Crippen LogP contribution in [0.1, 0.15) is 16.8 Å². The van der Waals surface area contributed by atoms with Crippen molar-refractivity contribution < 1.29 is 9.52 Å². The second-order valence-electron chi connectivity index (χ2n) is 6.79. The molecule has 4 aromatic rings. The molecule has 0 aliphatic heterocycles. The average Bonchev–Trinajstić information content (AvgIpc) is 2.90. The zero-order valence-corrected chi connectivity index (χ0v) is 16.2. The summed E-state index contributed by atoms with van der Waals surface area (Å²) in [4.78, 5) is 29.1. The van der Waals surface area contributed by atoms with E-state index in [4.69, 9.17) is 4.42 Å². The summed E-state index contributed by atoms with van der Waals surface area (Å²) in [5.74, 6) is -0.0908. The van der Waals surface area contributed by atoms with Gasteiger partial charge >= 0.3 is 5.63 Å². The van der Waals surface area contributed by atoms with Crippen LogP contribution in [0.2, 0.25) is 0 Å². The fraction of sp³-hybridized carbons (Fsp3) is 0.136. The molecule has 0 fully saturated rings. The van der Waals surface area contributed by atoms with Gasteiger partial charge in [-0.1, -0.05) is 18.2 Å². The zero-order valence-electron chi connectivity index (χ0n) is 16.2. The number of nitrogens with zero attached hydrogens (tertiary/aromatic N) is 3. The van der Waals surface area contributed by atoms with Crippen molar-refractivity contribution in [2.24, 2.45) is 12.0 Å². The smallest absolute Gasteiger partial charge is 0.336 e. The second-order valence-corrected chi connectivity index (χ2v) is 6.79. The van der Waals surface area contributed by atoms with Gasteiger partial charge in [0, 0.05) is 24.7 Å². The van der Waals surface area contributed by atoms with E-state index < -0.39 is 5.63 Å². The van der Waals surface area contributed by atoms with Crippen LogP contribution in [-0.4, -0.2) is 20.7 Å². The van der Waals surface area contributed by atoms with Gasteiger partial charge in [-0.15, -0.1) is 0 Å². The molecule has 7 nitrogen and oxygen atoms in total. The lowest BCUT2D eigenvalue weighted by atomic mass is 10.1. The van der Waals surface area contributed by atoms with Crippen LogP contribution in [-0.2, 0) is 7.05 Å². The van der Waals surface area contributed by atoms with E-state index >= 15 is 0 Å². The molecule has 0 aliphatic rings. The second kappa shape index (κ2) is 6.94. The first kappa shape index (κ1) is 18.5. The summed E-state index contributed by atoms with van der Waals surface area (Å²) < 4.78 is 8.55. The third-order valence-corrected chi connectivity index (χ3v) is 4.98. The fourth-order valence-electron chi connectivity index (χ4n) is 3.35. The van der Waals surface area contributed by atoms with Gasteiger partial charge < -0.3 is 9.52 Å². The summed E-state index contributed by atoms with van der Waals surface area (Å²) in [5.41, 5.74) is 2.03. The molecule has 0 amide bonds. The van der Waals surface area contributed by atoms with Crippen molar-refractivity contribution in [3.05, 3.63) is 86.1 Å². The van der Waals surface area contributed by atoms with Crippen molar-refractivity contribution in [2.45, 2.75) is 13.8 Å². The lowest BCUT2D eigenvalue weighted by molar-refractivity contribution is 0.472. The number of hydrogen-bond donors (Lipinski definition) is 1. The molecule has 1 N–H and O–H groups in total. The molecule has 146 valence electrons. The molecule has 29 heavy (non-hydrogen) atoms. The number of aliphatic imine (C=N–C) groups is 1. The number of hydrogen-bond acceptors (Lipinski definition) is 5. The number of aromatic nitrogens is 2. The maximum atomic E-state index is 13.0. The molecule has 0 aliphatic carbocycles. The Morgan fingerprint density at radius 2 is 1.79 bits per heavy atom. The molecule has 7 heteroatoms. The van der Waals surface area contributed by atoms with Gasteiger partial charge in [0.2, 0.25) is 0 Å². The molecule has 0 bridgehead atoms. The van der Waals surface area contributed by atoms with Crippen LogP contribution in [0.4, 0.5) is 5.69 Å². The number of phenolic OH excluding ortho intramolecular Hbond substituents is 1. The van der Waals surface area contributed by atoms with E-state index in [0.717, 1.165) is 11.3 Å². The standard InChI is InChI=1S/C22H19N3O4/c1-13-11-19(27)29-21-16(13)9-10-18(26)17(21)12-23-20-14(2)24(3)25(22(20)28)15-7-5-4-6-8-15/h4-12,26H,1-3H3. The number of aryl methyl sites for hydroxylation is 1. The van der Waals surface area contributed by atoms with Gasteiger partial charge in [0.15, 0.2) is 11.3 Å². The van der Waals surface area contributed by atoms with E-state index in [9.17, 15) is 14.7 Å². The minimum absolute atomic E-state index is 0.0908. The van der Waals surface area contributed by atoms with E-state index in [-0.39, 0.29) is 28.1 Å². The molecule has 4 rings (SSSR count). The molecule has 0 saturated carbocycles. The number of benzene rings is 2. The third-order valence-electron chi connectivity index (χ3n) is 4.98. The number of fused-ring (bicyclic) bond motifs is 1. The van der Waals surface area contributed by atoms with E-state index in [1.807, 2.05) is 30.3 Å². The van der Waals surface area contributed by atoms with Gasteiger partial charge in [0.25, 0.3) is 5.56 Å². The van der Waals surface area contributed by atoms with Crippen LogP contribution in [0.5, 0.6) is 5.75 Å². The SMILES string of the molecule is Cc1cc(=O)oc2c(C=Nc3c(C)n(C)n(-c4ccccc4)c3=O)c(O)ccc12. The molecule has 0 atom stereocenters. The fourth-order valence-corrected chi connectivity index (χ4v) is 3.35. The molecular formula is C22H19N3O4. The Balaban J connectivity index is 1.89. The van der Waals surface area contributed by atoms with E-state index in [0.29, 0.717) is 11.1 Å². The molecule has 0 spiro atoms. The summed E-state index contributed by atoms with van der Waals surface area (Å²) in [6.45, 7) is 3.58. The topological polar surface area (TPSA) is 89.7 Å². The first-order chi connectivity index (χ1) is 13.9. The normalized spacial score (nSPS) is 11.6. The summed E-state index contributed by atoms with van der Waals surface area (Å²) in [6, 6.07) is 13.8. The minimum Gasteiger partial charge on any atom is -0.507 e. The van der Waals surface area contributed by atoms with Crippen LogP contribution in [0.25, 0.3) is 16.7 Å². The Hall–Kier alpha value is -3.87. The molecular weight excluding hydrogens is 370 g/mol. The van der Waals surface area contributed by atoms with Gasteiger partial charge in [-0.25, -0.2) is 14.5 Å². The van der Waals surface area contributed by atoms with Gasteiger partial charge in [0.1, 0.15) is 5.75 Å². The highest BCUT2D eigenvalue weighted by molar-refractivity contribution is 6.00. The molecule has 2 aromatic heterocycles. The van der Waals surface area contributed by atoms with Gasteiger partial charge in [-0.3, -0.25) is 9.48 Å². The molecule has 0 saturated heterocycles. The Morgan fingerprint density at radius 1 is 1.07 bits per heavy atom. The quantitative estimate of drug-likeness (QED) is 0.430. The van der Waals surface area contributed by atoms with Crippen LogP contribution < -0.4 is 11.2 Å². The largest absolute Gasteiger partial charge is 0.507 e. The lowest BCUT2D eigenvalue weighted by Crippen LogP contribution is -2.19. The van der Waals surface area contributed by atoms with Crippen LogP contribution >= 0.6 is 0 Å². The van der Waals surface area contributed by atoms with Crippen molar-refractivity contribution in [3.63, 3.8) is 0 Å². The first-order valence-corrected chi connectivity index (χ1v) is 9.03. The zero-order chi connectivity index (χ0) is 20.7. The van der Waals surface area contributed by atoms with Crippen molar-refractivity contribution in [1.82, 2.24) is 9.36 Å². The van der Waals surface area contributed by atoms with Gasteiger partial charge in [-0.05, 0) is 43.7 Å². The average molecular weight is 389 g/mol. The molecule has 0 radical (unpaired) electrons. The number of phenols is 1. The third kappa shape index (κ3) is 3.06. The molecule has 2 aromatic carbocycles. The van der Waals surface area contributed by atoms with Crippen molar-refractivity contribution in [2.75, 3.05) is 0 Å². The summed E-state index contributed by atoms with van der Waals surface area (Å²) >= 11 is 0. The highest BCUT2D eigenvalue weighted by atomic mass is 16.4. The highest BCUT2D eigenvalue weighted by Gasteiger charge is 2.16. The Labute approximate surface area is 165 Å². The predicted molar refractivity (Wildman–Crippen MR) is 112 cm³/mol. The Kier molecular flexibility index (Phi) is 4.43. The van der Waals surface area contributed by atoms with Crippen LogP contribution in [0, 0.1) is 13.8 Å². The van der Waals surface area contributed by atoms with Crippen molar-refractivity contribution >= 4 is 22.9 Å². The molecule has 0 unspecified atom stereocenters. The molecule has 2 heterocycles. The number of aromatic hydroxyl groups is 1. The van der Waals surface area contributed by atoms with E-state index in [1.165, 1.54) is 23.0 Å². The first-order valence-electron chi connectivity index (χ1n) is 9.03. The maximum Gasteiger partial charge on any atom is 0.336 e.